The number of hydrogen-bond acceptors (Lipinski definition) is 4. The van der Waals surface area contributed by atoms with Gasteiger partial charge in [-0.1, -0.05) is 75.8 Å². The van der Waals surface area contributed by atoms with E-state index in [9.17, 15) is 15.0 Å². The molecule has 0 fully saturated rings. The van der Waals surface area contributed by atoms with Crippen molar-refractivity contribution < 1.29 is 19.7 Å². The first kappa shape index (κ1) is 23.4. The number of ether oxygens (including phenoxy) is 1. The van der Waals surface area contributed by atoms with E-state index in [1.165, 1.54) is 45.3 Å². The van der Waals surface area contributed by atoms with Crippen molar-refractivity contribution in [2.45, 2.75) is 83.3 Å². The summed E-state index contributed by atoms with van der Waals surface area (Å²) in [6.07, 6.45) is 12.1. The Balaban J connectivity index is 2.28. The zero-order valence-electron chi connectivity index (χ0n) is 16.9. The van der Waals surface area contributed by atoms with E-state index in [-0.39, 0.29) is 6.10 Å². The number of aliphatic hydroxyl groups is 2. The summed E-state index contributed by atoms with van der Waals surface area (Å²) in [5.41, 5.74) is 2.11. The number of unbranched alkanes of at least 4 members (excludes halogenated alkanes) is 5. The zero-order chi connectivity index (χ0) is 19.9. The molecular formula is C23H36O4. The summed E-state index contributed by atoms with van der Waals surface area (Å²) in [7, 11) is 1.33. The lowest BCUT2D eigenvalue weighted by molar-refractivity contribution is -0.134. The molecule has 0 aliphatic carbocycles. The van der Waals surface area contributed by atoms with Gasteiger partial charge in [-0.3, -0.25) is 0 Å². The van der Waals surface area contributed by atoms with E-state index in [1.54, 1.807) is 6.08 Å². The van der Waals surface area contributed by atoms with Crippen molar-refractivity contribution in [1.29, 1.82) is 0 Å². The average molecular weight is 377 g/mol. The van der Waals surface area contributed by atoms with Gasteiger partial charge in [0.05, 0.1) is 19.3 Å². The van der Waals surface area contributed by atoms with Crippen LogP contribution in [0.5, 0.6) is 0 Å². The molecule has 0 heterocycles. The zero-order valence-corrected chi connectivity index (χ0v) is 16.9. The van der Waals surface area contributed by atoms with Crippen LogP contribution < -0.4 is 0 Å². The monoisotopic (exact) mass is 376 g/mol. The van der Waals surface area contributed by atoms with Crippen molar-refractivity contribution in [3.8, 4) is 0 Å². The van der Waals surface area contributed by atoms with E-state index >= 15 is 0 Å². The van der Waals surface area contributed by atoms with E-state index < -0.39 is 12.1 Å². The van der Waals surface area contributed by atoms with Crippen LogP contribution in [0, 0.1) is 0 Å². The topological polar surface area (TPSA) is 66.8 Å². The molecule has 1 aromatic carbocycles. The molecule has 2 N–H and O–H groups in total. The van der Waals surface area contributed by atoms with Gasteiger partial charge in [-0.25, -0.2) is 4.79 Å². The maximum Gasteiger partial charge on any atom is 0.330 e. The van der Waals surface area contributed by atoms with E-state index in [4.69, 9.17) is 0 Å². The van der Waals surface area contributed by atoms with Crippen molar-refractivity contribution in [1.82, 2.24) is 0 Å². The fourth-order valence-corrected chi connectivity index (χ4v) is 3.03. The SMILES string of the molecule is CCCCCCCCC(O)c1ccc(CCC(O)CC=CC(=O)OC)cc1. The Labute approximate surface area is 164 Å². The quantitative estimate of drug-likeness (QED) is 0.276. The first-order valence-electron chi connectivity index (χ1n) is 10.3. The predicted molar refractivity (Wildman–Crippen MR) is 109 cm³/mol. The number of carbonyl (C=O) groups is 1. The Morgan fingerprint density at radius 1 is 1.04 bits per heavy atom. The molecule has 0 amide bonds. The summed E-state index contributed by atoms with van der Waals surface area (Å²) in [6, 6.07) is 8.02. The highest BCUT2D eigenvalue weighted by Crippen LogP contribution is 2.21. The van der Waals surface area contributed by atoms with E-state index in [0.29, 0.717) is 12.8 Å². The predicted octanol–water partition coefficient (Wildman–Crippen LogP) is 4.88. The van der Waals surface area contributed by atoms with E-state index in [2.05, 4.69) is 11.7 Å². The highest BCUT2D eigenvalue weighted by atomic mass is 16.5. The average Bonchev–Trinajstić information content (AvgIpc) is 2.69. The molecule has 0 aromatic heterocycles. The van der Waals surface area contributed by atoms with Crippen LogP contribution in [0.25, 0.3) is 0 Å². The molecule has 4 heteroatoms. The first-order chi connectivity index (χ1) is 13.1. The van der Waals surface area contributed by atoms with Gasteiger partial charge in [0.15, 0.2) is 0 Å². The Morgan fingerprint density at radius 2 is 1.70 bits per heavy atom. The molecular weight excluding hydrogens is 340 g/mol. The Bertz CT molecular complexity index is 536. The molecule has 0 aliphatic rings. The van der Waals surface area contributed by atoms with Crippen molar-refractivity contribution in [3.63, 3.8) is 0 Å². The summed E-state index contributed by atoms with van der Waals surface area (Å²) >= 11 is 0. The maximum absolute atomic E-state index is 11.0. The number of esters is 1. The minimum Gasteiger partial charge on any atom is -0.466 e. The second-order valence-electron chi connectivity index (χ2n) is 7.17. The number of benzene rings is 1. The van der Waals surface area contributed by atoms with Crippen LogP contribution in [0.15, 0.2) is 36.4 Å². The summed E-state index contributed by atoms with van der Waals surface area (Å²) in [6.45, 7) is 2.22. The van der Waals surface area contributed by atoms with Crippen LogP contribution in [0.4, 0.5) is 0 Å². The molecule has 0 aliphatic heterocycles. The number of rotatable bonds is 14. The van der Waals surface area contributed by atoms with Crippen LogP contribution in [-0.4, -0.2) is 29.4 Å². The van der Waals surface area contributed by atoms with Crippen LogP contribution >= 0.6 is 0 Å². The smallest absolute Gasteiger partial charge is 0.330 e. The Hall–Kier alpha value is -1.65. The molecule has 4 nitrogen and oxygen atoms in total. The lowest BCUT2D eigenvalue weighted by Gasteiger charge is -2.12. The molecule has 0 spiro atoms. The summed E-state index contributed by atoms with van der Waals surface area (Å²) < 4.78 is 4.51. The number of aryl methyl sites for hydroxylation is 1. The van der Waals surface area contributed by atoms with Crippen LogP contribution in [0.1, 0.15) is 81.9 Å². The molecule has 1 rings (SSSR count). The molecule has 27 heavy (non-hydrogen) atoms. The lowest BCUT2D eigenvalue weighted by atomic mass is 9.99. The standard InChI is InChI=1S/C23H36O4/c1-3-4-5-6-7-8-11-22(25)20-16-13-19(14-17-20)15-18-21(24)10-9-12-23(26)27-2/h9,12-14,16-17,21-22,24-25H,3-8,10-11,15,18H2,1-2H3. The van der Waals surface area contributed by atoms with Crippen molar-refractivity contribution in [2.24, 2.45) is 0 Å². The van der Waals surface area contributed by atoms with Gasteiger partial charge in [-0.2, -0.15) is 0 Å². The Kier molecular flexibility index (Phi) is 12.5. The number of aliphatic hydroxyl groups excluding tert-OH is 2. The second-order valence-corrected chi connectivity index (χ2v) is 7.17. The summed E-state index contributed by atoms with van der Waals surface area (Å²) in [5, 5.41) is 20.3. The minimum atomic E-state index is -0.483. The van der Waals surface area contributed by atoms with Crippen molar-refractivity contribution in [3.05, 3.63) is 47.5 Å². The molecule has 1 aromatic rings. The molecule has 152 valence electrons. The van der Waals surface area contributed by atoms with E-state index in [0.717, 1.165) is 30.4 Å². The van der Waals surface area contributed by atoms with E-state index in [1.807, 2.05) is 24.3 Å². The third-order valence-electron chi connectivity index (χ3n) is 4.83. The molecule has 2 atom stereocenters. The summed E-state index contributed by atoms with van der Waals surface area (Å²) in [5.74, 6) is -0.405. The van der Waals surface area contributed by atoms with Gasteiger partial charge in [0.25, 0.3) is 0 Å². The first-order valence-corrected chi connectivity index (χ1v) is 10.3. The normalized spacial score (nSPS) is 13.6. The maximum atomic E-state index is 11.0. The van der Waals surface area contributed by atoms with Gasteiger partial charge in [-0.15, -0.1) is 0 Å². The van der Waals surface area contributed by atoms with Gasteiger partial charge in [0.1, 0.15) is 0 Å². The van der Waals surface area contributed by atoms with Gasteiger partial charge < -0.3 is 14.9 Å². The number of methoxy groups -OCH3 is 1. The van der Waals surface area contributed by atoms with Crippen LogP contribution in [-0.2, 0) is 16.0 Å². The molecule has 0 radical (unpaired) electrons. The van der Waals surface area contributed by atoms with Gasteiger partial charge >= 0.3 is 5.97 Å². The number of hydrogen-bond donors (Lipinski definition) is 2. The fourth-order valence-electron chi connectivity index (χ4n) is 3.03. The summed E-state index contributed by atoms with van der Waals surface area (Å²) in [4.78, 5) is 11.0. The van der Waals surface area contributed by atoms with Crippen LogP contribution in [0.2, 0.25) is 0 Å². The van der Waals surface area contributed by atoms with Crippen molar-refractivity contribution >= 4 is 5.97 Å². The van der Waals surface area contributed by atoms with Gasteiger partial charge in [0.2, 0.25) is 0 Å². The lowest BCUT2D eigenvalue weighted by Crippen LogP contribution is -2.07. The Morgan fingerprint density at radius 3 is 2.37 bits per heavy atom. The third-order valence-corrected chi connectivity index (χ3v) is 4.83. The van der Waals surface area contributed by atoms with Gasteiger partial charge in [-0.05, 0) is 36.8 Å². The number of carbonyl (C=O) groups excluding carboxylic acids is 1. The molecule has 0 saturated heterocycles. The third kappa shape index (κ3) is 10.9. The molecule has 0 bridgehead atoms. The molecule has 2 unspecified atom stereocenters. The molecule has 0 saturated carbocycles. The highest BCUT2D eigenvalue weighted by Gasteiger charge is 2.08. The largest absolute Gasteiger partial charge is 0.466 e. The highest BCUT2D eigenvalue weighted by molar-refractivity contribution is 5.81. The minimum absolute atomic E-state index is 0.390. The second kappa shape index (κ2) is 14.4. The fraction of sp³-hybridized carbons (Fsp3) is 0.609. The van der Waals surface area contributed by atoms with Crippen LogP contribution in [0.3, 0.4) is 0 Å². The van der Waals surface area contributed by atoms with Gasteiger partial charge in [0, 0.05) is 6.08 Å². The van der Waals surface area contributed by atoms with Crippen molar-refractivity contribution in [2.75, 3.05) is 7.11 Å².